The number of aliphatic hydroxyl groups excluding tert-OH is 1. The molecule has 1 saturated heterocycles. The van der Waals surface area contributed by atoms with E-state index in [-0.39, 0.29) is 57.3 Å². The highest BCUT2D eigenvalue weighted by Crippen LogP contribution is 2.29. The SMILES string of the molecule is CC(O)c1ccc(CC(=O)OCCOCCOCCOC(=O)Cc2ccc(C3CO3)cc2)cc1. The number of esters is 2. The van der Waals surface area contributed by atoms with Crippen molar-refractivity contribution < 1.29 is 38.4 Å². The van der Waals surface area contributed by atoms with Gasteiger partial charge in [-0.2, -0.15) is 0 Å². The fourth-order valence-corrected chi connectivity index (χ4v) is 3.19. The molecule has 2 aromatic carbocycles. The Labute approximate surface area is 199 Å². The lowest BCUT2D eigenvalue weighted by atomic mass is 10.1. The van der Waals surface area contributed by atoms with Crippen molar-refractivity contribution in [2.75, 3.05) is 46.2 Å². The molecule has 2 atom stereocenters. The van der Waals surface area contributed by atoms with Crippen molar-refractivity contribution in [1.29, 1.82) is 0 Å². The molecule has 0 aromatic heterocycles. The molecule has 8 nitrogen and oxygen atoms in total. The number of benzene rings is 2. The third-order valence-corrected chi connectivity index (χ3v) is 5.20. The second kappa shape index (κ2) is 13.8. The van der Waals surface area contributed by atoms with E-state index in [1.54, 1.807) is 31.2 Å². The largest absolute Gasteiger partial charge is 0.463 e. The van der Waals surface area contributed by atoms with Crippen LogP contribution in [-0.2, 0) is 46.1 Å². The Bertz CT molecular complexity index is 821. The van der Waals surface area contributed by atoms with E-state index in [0.717, 1.165) is 28.9 Å². The number of hydrogen-bond donors (Lipinski definition) is 1. The van der Waals surface area contributed by atoms with Crippen LogP contribution in [0, 0.1) is 0 Å². The molecular formula is C26H32O8. The first-order chi connectivity index (χ1) is 16.5. The van der Waals surface area contributed by atoms with Crippen molar-refractivity contribution in [1.82, 2.24) is 0 Å². The van der Waals surface area contributed by atoms with Crippen LogP contribution < -0.4 is 0 Å². The summed E-state index contributed by atoms with van der Waals surface area (Å²) in [6.45, 7) is 4.07. The first-order valence-electron chi connectivity index (χ1n) is 11.5. The lowest BCUT2D eigenvalue weighted by molar-refractivity contribution is -0.146. The lowest BCUT2D eigenvalue weighted by Gasteiger charge is -2.09. The quantitative estimate of drug-likeness (QED) is 0.240. The van der Waals surface area contributed by atoms with E-state index >= 15 is 0 Å². The zero-order chi connectivity index (χ0) is 24.2. The van der Waals surface area contributed by atoms with Gasteiger partial charge in [-0.25, -0.2) is 0 Å². The number of aliphatic hydroxyl groups is 1. The normalized spacial score (nSPS) is 15.5. The lowest BCUT2D eigenvalue weighted by Crippen LogP contribution is -2.16. The minimum Gasteiger partial charge on any atom is -0.463 e. The van der Waals surface area contributed by atoms with E-state index in [0.29, 0.717) is 13.2 Å². The van der Waals surface area contributed by atoms with Gasteiger partial charge in [-0.1, -0.05) is 48.5 Å². The van der Waals surface area contributed by atoms with Gasteiger partial charge in [0, 0.05) is 0 Å². The Morgan fingerprint density at radius 1 is 0.824 bits per heavy atom. The molecule has 8 heteroatoms. The molecule has 0 saturated carbocycles. The van der Waals surface area contributed by atoms with Gasteiger partial charge in [-0.15, -0.1) is 0 Å². The van der Waals surface area contributed by atoms with E-state index in [4.69, 9.17) is 23.7 Å². The highest BCUT2D eigenvalue weighted by Gasteiger charge is 2.24. The van der Waals surface area contributed by atoms with Crippen LogP contribution >= 0.6 is 0 Å². The maximum Gasteiger partial charge on any atom is 0.310 e. The molecule has 1 aliphatic heterocycles. The van der Waals surface area contributed by atoms with Crippen LogP contribution in [0.3, 0.4) is 0 Å². The summed E-state index contributed by atoms with van der Waals surface area (Å²) in [5.74, 6) is -0.629. The number of rotatable bonds is 15. The smallest absolute Gasteiger partial charge is 0.310 e. The molecule has 34 heavy (non-hydrogen) atoms. The topological polar surface area (TPSA) is 104 Å². The van der Waals surface area contributed by atoms with Crippen molar-refractivity contribution in [3.8, 4) is 0 Å². The van der Waals surface area contributed by atoms with Crippen LogP contribution in [0.25, 0.3) is 0 Å². The summed E-state index contributed by atoms with van der Waals surface area (Å²) in [5, 5.41) is 9.50. The number of ether oxygens (including phenoxy) is 5. The van der Waals surface area contributed by atoms with Crippen molar-refractivity contribution in [2.45, 2.75) is 32.0 Å². The molecule has 2 aromatic rings. The minimum absolute atomic E-state index is 0.164. The molecule has 184 valence electrons. The van der Waals surface area contributed by atoms with E-state index in [1.165, 1.54) is 0 Å². The van der Waals surface area contributed by atoms with E-state index in [1.807, 2.05) is 24.3 Å². The third kappa shape index (κ3) is 9.61. The van der Waals surface area contributed by atoms with Gasteiger partial charge >= 0.3 is 11.9 Å². The van der Waals surface area contributed by atoms with Gasteiger partial charge in [-0.3, -0.25) is 9.59 Å². The number of carbonyl (C=O) groups excluding carboxylic acids is 2. The van der Waals surface area contributed by atoms with Gasteiger partial charge in [0.1, 0.15) is 19.3 Å². The molecule has 0 aliphatic carbocycles. The highest BCUT2D eigenvalue weighted by molar-refractivity contribution is 5.73. The fourth-order valence-electron chi connectivity index (χ4n) is 3.19. The standard InChI is InChI=1S/C26H32O8/c1-19(27)22-6-2-20(3-7-22)16-25(28)32-14-12-30-10-11-31-13-15-33-26(29)17-21-4-8-23(9-5-21)24-18-34-24/h2-9,19,24,27H,10-18H2,1H3. The second-order valence-corrected chi connectivity index (χ2v) is 8.00. The predicted molar refractivity (Wildman–Crippen MR) is 123 cm³/mol. The summed E-state index contributed by atoms with van der Waals surface area (Å²) < 4.78 is 26.3. The summed E-state index contributed by atoms with van der Waals surface area (Å²) in [6, 6.07) is 15.0. The van der Waals surface area contributed by atoms with Gasteiger partial charge in [-0.05, 0) is 29.2 Å². The molecule has 0 radical (unpaired) electrons. The average Bonchev–Trinajstić information content (AvgIpc) is 3.67. The zero-order valence-electron chi connectivity index (χ0n) is 19.4. The first kappa shape index (κ1) is 25.8. The molecular weight excluding hydrogens is 440 g/mol. The monoisotopic (exact) mass is 472 g/mol. The first-order valence-corrected chi connectivity index (χ1v) is 11.5. The minimum atomic E-state index is -0.534. The Morgan fingerprint density at radius 2 is 1.26 bits per heavy atom. The van der Waals surface area contributed by atoms with E-state index < -0.39 is 6.10 Å². The summed E-state index contributed by atoms with van der Waals surface area (Å²) in [6.07, 6.45) is 0.0698. The van der Waals surface area contributed by atoms with Gasteiger partial charge in [0.05, 0.1) is 52.0 Å². The van der Waals surface area contributed by atoms with Crippen LogP contribution in [0.1, 0.15) is 41.4 Å². The zero-order valence-corrected chi connectivity index (χ0v) is 19.4. The van der Waals surface area contributed by atoms with E-state index in [9.17, 15) is 14.7 Å². The Hall–Kier alpha value is -2.78. The van der Waals surface area contributed by atoms with Crippen molar-refractivity contribution in [3.63, 3.8) is 0 Å². The van der Waals surface area contributed by atoms with Crippen LogP contribution in [-0.4, -0.2) is 63.3 Å². The second-order valence-electron chi connectivity index (χ2n) is 8.00. The summed E-state index contributed by atoms with van der Waals surface area (Å²) >= 11 is 0. The molecule has 0 amide bonds. The summed E-state index contributed by atoms with van der Waals surface area (Å²) in [7, 11) is 0. The van der Waals surface area contributed by atoms with Gasteiger partial charge in [0.25, 0.3) is 0 Å². The molecule has 1 N–H and O–H groups in total. The average molecular weight is 473 g/mol. The molecule has 1 fully saturated rings. The van der Waals surface area contributed by atoms with Crippen LogP contribution in [0.5, 0.6) is 0 Å². The molecule has 1 heterocycles. The Balaban J connectivity index is 1.13. The molecule has 2 unspecified atom stereocenters. The number of carbonyl (C=O) groups is 2. The van der Waals surface area contributed by atoms with Crippen LogP contribution in [0.4, 0.5) is 0 Å². The van der Waals surface area contributed by atoms with Crippen molar-refractivity contribution >= 4 is 11.9 Å². The van der Waals surface area contributed by atoms with Crippen molar-refractivity contribution in [3.05, 3.63) is 70.8 Å². The summed E-state index contributed by atoms with van der Waals surface area (Å²) in [4.78, 5) is 23.7. The number of hydrogen-bond acceptors (Lipinski definition) is 8. The van der Waals surface area contributed by atoms with Crippen LogP contribution in [0.2, 0.25) is 0 Å². The highest BCUT2D eigenvalue weighted by atomic mass is 16.6. The molecule has 0 bridgehead atoms. The van der Waals surface area contributed by atoms with Gasteiger partial charge in [0.2, 0.25) is 0 Å². The van der Waals surface area contributed by atoms with Crippen LogP contribution in [0.15, 0.2) is 48.5 Å². The molecule has 0 spiro atoms. The van der Waals surface area contributed by atoms with Crippen molar-refractivity contribution in [2.24, 2.45) is 0 Å². The number of epoxide rings is 1. The van der Waals surface area contributed by atoms with Gasteiger partial charge in [0.15, 0.2) is 0 Å². The third-order valence-electron chi connectivity index (χ3n) is 5.20. The maximum absolute atomic E-state index is 11.9. The summed E-state index contributed by atoms with van der Waals surface area (Å²) in [5.41, 5.74) is 3.66. The Morgan fingerprint density at radius 3 is 1.71 bits per heavy atom. The fraction of sp³-hybridized carbons (Fsp3) is 0.462. The molecule has 1 aliphatic rings. The van der Waals surface area contributed by atoms with Gasteiger partial charge < -0.3 is 28.8 Å². The maximum atomic E-state index is 11.9. The Kier molecular flexibility index (Phi) is 10.5. The predicted octanol–water partition coefficient (Wildman–Crippen LogP) is 2.72. The van der Waals surface area contributed by atoms with E-state index in [2.05, 4.69) is 0 Å². The molecule has 3 rings (SSSR count).